The quantitative estimate of drug-likeness (QED) is 0.769. The third-order valence-corrected chi connectivity index (χ3v) is 3.56. The standard InChI is InChI=1S/C16H19N5/c1-10(2)3-4-11-5-7-12(8-6-11)15-20-13-14(17)18-9-19-16(13)21-15/h5-10H,3-4H2,1-2H3,(H3,17,18,19,20,21). The number of hydrogen-bond donors (Lipinski definition) is 2. The summed E-state index contributed by atoms with van der Waals surface area (Å²) in [5.41, 5.74) is 9.49. The van der Waals surface area contributed by atoms with E-state index in [1.165, 1.54) is 18.3 Å². The largest absolute Gasteiger partial charge is 0.382 e. The molecular weight excluding hydrogens is 262 g/mol. The van der Waals surface area contributed by atoms with Crippen LogP contribution in [-0.4, -0.2) is 19.9 Å². The van der Waals surface area contributed by atoms with Gasteiger partial charge in [-0.15, -0.1) is 0 Å². The van der Waals surface area contributed by atoms with E-state index >= 15 is 0 Å². The van der Waals surface area contributed by atoms with Gasteiger partial charge in [-0.2, -0.15) is 0 Å². The predicted octanol–water partition coefficient (Wildman–Crippen LogP) is 3.19. The van der Waals surface area contributed by atoms with Crippen LogP contribution in [0.3, 0.4) is 0 Å². The first-order valence-corrected chi connectivity index (χ1v) is 7.19. The van der Waals surface area contributed by atoms with Crippen molar-refractivity contribution in [1.29, 1.82) is 0 Å². The van der Waals surface area contributed by atoms with Gasteiger partial charge in [-0.1, -0.05) is 38.1 Å². The summed E-state index contributed by atoms with van der Waals surface area (Å²) in [6, 6.07) is 8.47. The number of aryl methyl sites for hydroxylation is 1. The lowest BCUT2D eigenvalue weighted by atomic mass is 10.0. The van der Waals surface area contributed by atoms with Crippen molar-refractivity contribution >= 4 is 17.0 Å². The Labute approximate surface area is 123 Å². The van der Waals surface area contributed by atoms with Crippen molar-refractivity contribution in [3.05, 3.63) is 36.2 Å². The molecule has 0 atom stereocenters. The number of anilines is 1. The number of hydrogen-bond acceptors (Lipinski definition) is 4. The number of imidazole rings is 1. The first-order chi connectivity index (χ1) is 10.1. The molecule has 21 heavy (non-hydrogen) atoms. The van der Waals surface area contributed by atoms with Crippen LogP contribution in [0.2, 0.25) is 0 Å². The average Bonchev–Trinajstić information content (AvgIpc) is 2.91. The Hall–Kier alpha value is -2.43. The summed E-state index contributed by atoms with van der Waals surface area (Å²) in [7, 11) is 0. The van der Waals surface area contributed by atoms with Crippen LogP contribution >= 0.6 is 0 Å². The number of rotatable bonds is 4. The van der Waals surface area contributed by atoms with Gasteiger partial charge in [0.25, 0.3) is 0 Å². The average molecular weight is 281 g/mol. The van der Waals surface area contributed by atoms with Crippen molar-refractivity contribution in [3.8, 4) is 11.4 Å². The molecular formula is C16H19N5. The SMILES string of the molecule is CC(C)CCc1ccc(-c2nc3ncnc(N)c3[nH]2)cc1. The number of aromatic nitrogens is 4. The van der Waals surface area contributed by atoms with Gasteiger partial charge in [-0.25, -0.2) is 15.0 Å². The molecule has 0 aliphatic rings. The lowest BCUT2D eigenvalue weighted by Gasteiger charge is -2.05. The Balaban J connectivity index is 1.87. The third kappa shape index (κ3) is 2.86. The van der Waals surface area contributed by atoms with Crippen molar-refractivity contribution < 1.29 is 0 Å². The summed E-state index contributed by atoms with van der Waals surface area (Å²) in [4.78, 5) is 15.7. The molecule has 1 aromatic carbocycles. The second-order valence-corrected chi connectivity index (χ2v) is 5.67. The summed E-state index contributed by atoms with van der Waals surface area (Å²) in [6.07, 6.45) is 3.74. The van der Waals surface area contributed by atoms with E-state index in [2.05, 4.69) is 58.0 Å². The topological polar surface area (TPSA) is 80.5 Å². The molecule has 5 nitrogen and oxygen atoms in total. The van der Waals surface area contributed by atoms with Crippen molar-refractivity contribution in [2.75, 3.05) is 5.73 Å². The molecule has 0 unspecified atom stereocenters. The fourth-order valence-corrected chi connectivity index (χ4v) is 2.27. The zero-order chi connectivity index (χ0) is 14.8. The molecule has 0 radical (unpaired) electrons. The summed E-state index contributed by atoms with van der Waals surface area (Å²) >= 11 is 0. The minimum absolute atomic E-state index is 0.423. The molecule has 0 saturated carbocycles. The molecule has 0 aliphatic carbocycles. The number of fused-ring (bicyclic) bond motifs is 1. The lowest BCUT2D eigenvalue weighted by Crippen LogP contribution is -1.92. The number of nitrogen functional groups attached to an aromatic ring is 1. The van der Waals surface area contributed by atoms with Crippen molar-refractivity contribution in [3.63, 3.8) is 0 Å². The number of H-pyrrole nitrogens is 1. The molecule has 5 heteroatoms. The normalized spacial score (nSPS) is 11.4. The van der Waals surface area contributed by atoms with E-state index in [1.54, 1.807) is 0 Å². The van der Waals surface area contributed by atoms with E-state index < -0.39 is 0 Å². The summed E-state index contributed by atoms with van der Waals surface area (Å²) in [6.45, 7) is 4.49. The van der Waals surface area contributed by atoms with Gasteiger partial charge in [-0.3, -0.25) is 0 Å². The Kier molecular flexibility index (Phi) is 3.56. The van der Waals surface area contributed by atoms with Gasteiger partial charge in [-0.05, 0) is 24.3 Å². The number of nitrogens with two attached hydrogens (primary N) is 1. The first kappa shape index (κ1) is 13.5. The second kappa shape index (κ2) is 5.52. The highest BCUT2D eigenvalue weighted by Crippen LogP contribution is 2.22. The highest BCUT2D eigenvalue weighted by molar-refractivity contribution is 5.84. The molecule has 3 rings (SSSR count). The van der Waals surface area contributed by atoms with Crippen LogP contribution in [0, 0.1) is 5.92 Å². The maximum atomic E-state index is 5.82. The molecule has 0 spiro atoms. The van der Waals surface area contributed by atoms with Crippen LogP contribution in [0.15, 0.2) is 30.6 Å². The monoisotopic (exact) mass is 281 g/mol. The Morgan fingerprint density at radius 1 is 1.14 bits per heavy atom. The van der Waals surface area contributed by atoms with Crippen LogP contribution in [0.5, 0.6) is 0 Å². The summed E-state index contributed by atoms with van der Waals surface area (Å²) in [5.74, 6) is 1.92. The molecule has 0 fully saturated rings. The van der Waals surface area contributed by atoms with E-state index in [9.17, 15) is 0 Å². The zero-order valence-corrected chi connectivity index (χ0v) is 12.3. The highest BCUT2D eigenvalue weighted by Gasteiger charge is 2.09. The fraction of sp³-hybridized carbons (Fsp3) is 0.312. The van der Waals surface area contributed by atoms with Gasteiger partial charge in [0, 0.05) is 5.56 Å². The van der Waals surface area contributed by atoms with E-state index in [4.69, 9.17) is 5.73 Å². The van der Waals surface area contributed by atoms with Crippen LogP contribution in [-0.2, 0) is 6.42 Å². The van der Waals surface area contributed by atoms with E-state index in [-0.39, 0.29) is 0 Å². The van der Waals surface area contributed by atoms with E-state index in [1.807, 2.05) is 0 Å². The number of benzene rings is 1. The Bertz CT molecular complexity index is 743. The van der Waals surface area contributed by atoms with Gasteiger partial charge < -0.3 is 10.7 Å². The van der Waals surface area contributed by atoms with Crippen molar-refractivity contribution in [2.24, 2.45) is 5.92 Å². The molecule has 0 aliphatic heterocycles. The molecule has 2 heterocycles. The minimum Gasteiger partial charge on any atom is -0.382 e. The second-order valence-electron chi connectivity index (χ2n) is 5.67. The molecule has 2 aromatic heterocycles. The predicted molar refractivity (Wildman–Crippen MR) is 84.7 cm³/mol. The highest BCUT2D eigenvalue weighted by atomic mass is 15.0. The maximum Gasteiger partial charge on any atom is 0.183 e. The van der Waals surface area contributed by atoms with Gasteiger partial charge >= 0.3 is 0 Å². The maximum absolute atomic E-state index is 5.82. The Morgan fingerprint density at radius 2 is 1.90 bits per heavy atom. The number of aromatic amines is 1. The van der Waals surface area contributed by atoms with E-state index in [0.717, 1.165) is 23.7 Å². The smallest absolute Gasteiger partial charge is 0.183 e. The molecule has 0 amide bonds. The minimum atomic E-state index is 0.423. The van der Waals surface area contributed by atoms with Crippen molar-refractivity contribution in [2.45, 2.75) is 26.7 Å². The zero-order valence-electron chi connectivity index (χ0n) is 12.3. The summed E-state index contributed by atoms with van der Waals surface area (Å²) < 4.78 is 0. The van der Waals surface area contributed by atoms with E-state index in [0.29, 0.717) is 17.0 Å². The third-order valence-electron chi connectivity index (χ3n) is 3.56. The number of nitrogens with one attached hydrogen (secondary N) is 1. The van der Waals surface area contributed by atoms with Crippen LogP contribution < -0.4 is 5.73 Å². The Morgan fingerprint density at radius 3 is 2.57 bits per heavy atom. The van der Waals surface area contributed by atoms with Gasteiger partial charge in [0.1, 0.15) is 17.7 Å². The van der Waals surface area contributed by atoms with Crippen molar-refractivity contribution in [1.82, 2.24) is 19.9 Å². The fourth-order valence-electron chi connectivity index (χ4n) is 2.27. The molecule has 3 aromatic rings. The van der Waals surface area contributed by atoms with Gasteiger partial charge in [0.05, 0.1) is 0 Å². The van der Waals surface area contributed by atoms with Crippen LogP contribution in [0.1, 0.15) is 25.8 Å². The molecule has 0 saturated heterocycles. The molecule has 108 valence electrons. The molecule has 0 bridgehead atoms. The lowest BCUT2D eigenvalue weighted by molar-refractivity contribution is 0.587. The van der Waals surface area contributed by atoms with Crippen LogP contribution in [0.4, 0.5) is 5.82 Å². The number of nitrogens with zero attached hydrogens (tertiary/aromatic N) is 3. The summed E-state index contributed by atoms with van der Waals surface area (Å²) in [5, 5.41) is 0. The molecule has 3 N–H and O–H groups in total. The first-order valence-electron chi connectivity index (χ1n) is 7.19. The van der Waals surface area contributed by atoms with Gasteiger partial charge in [0.2, 0.25) is 0 Å². The van der Waals surface area contributed by atoms with Crippen LogP contribution in [0.25, 0.3) is 22.6 Å². The van der Waals surface area contributed by atoms with Gasteiger partial charge in [0.15, 0.2) is 11.5 Å².